The monoisotopic (exact) mass is 396 g/mol. The summed E-state index contributed by atoms with van der Waals surface area (Å²) in [5.74, 6) is 0. The van der Waals surface area contributed by atoms with Gasteiger partial charge in [-0.1, -0.05) is 30.5 Å². The normalized spacial score (nSPS) is 15.2. The third kappa shape index (κ3) is 4.00. The van der Waals surface area contributed by atoms with Gasteiger partial charge in [0, 0.05) is 18.0 Å². The molecule has 1 aliphatic carbocycles. The maximum absolute atomic E-state index is 12.6. The van der Waals surface area contributed by atoms with Gasteiger partial charge in [0.2, 0.25) is 10.0 Å². The summed E-state index contributed by atoms with van der Waals surface area (Å²) in [7, 11) is -3.57. The summed E-state index contributed by atoms with van der Waals surface area (Å²) in [6.45, 7) is 2.09. The van der Waals surface area contributed by atoms with Crippen LogP contribution in [-0.2, 0) is 16.6 Å². The molecule has 0 spiro atoms. The van der Waals surface area contributed by atoms with Crippen LogP contribution in [0.3, 0.4) is 0 Å². The van der Waals surface area contributed by atoms with Crippen LogP contribution in [-0.4, -0.2) is 23.2 Å². The predicted octanol–water partition coefficient (Wildman–Crippen LogP) is 3.85. The quantitative estimate of drug-likeness (QED) is 0.687. The fourth-order valence-corrected chi connectivity index (χ4v) is 4.67. The summed E-state index contributed by atoms with van der Waals surface area (Å²) in [6, 6.07) is 13.1. The molecule has 6 nitrogen and oxygen atoms in total. The second kappa shape index (κ2) is 7.85. The van der Waals surface area contributed by atoms with Gasteiger partial charge < -0.3 is 0 Å². The summed E-state index contributed by atoms with van der Waals surface area (Å²) in [5.41, 5.74) is 3.80. The zero-order valence-corrected chi connectivity index (χ0v) is 16.7. The maximum atomic E-state index is 12.6. The van der Waals surface area contributed by atoms with Gasteiger partial charge in [0.25, 0.3) is 0 Å². The summed E-state index contributed by atoms with van der Waals surface area (Å²) >= 11 is 0. The number of hydrogen-bond acceptors (Lipinski definition) is 4. The molecular formula is C21H24N4O2S. The molecule has 2 heterocycles. The Labute approximate surface area is 165 Å². The van der Waals surface area contributed by atoms with Crippen molar-refractivity contribution in [2.24, 2.45) is 0 Å². The molecular weight excluding hydrogens is 372 g/mol. The highest BCUT2D eigenvalue weighted by molar-refractivity contribution is 7.89. The average molecular weight is 397 g/mol. The van der Waals surface area contributed by atoms with Crippen LogP contribution in [0.25, 0.3) is 11.3 Å². The van der Waals surface area contributed by atoms with Gasteiger partial charge in [0.1, 0.15) is 0 Å². The third-order valence-electron chi connectivity index (χ3n) is 5.21. The average Bonchev–Trinajstić information content (AvgIpc) is 3.37. The van der Waals surface area contributed by atoms with Gasteiger partial charge in [-0.3, -0.25) is 9.67 Å². The van der Waals surface area contributed by atoms with Crippen molar-refractivity contribution in [3.05, 3.63) is 66.1 Å². The van der Waals surface area contributed by atoms with Crippen molar-refractivity contribution in [1.29, 1.82) is 0 Å². The topological polar surface area (TPSA) is 76.9 Å². The summed E-state index contributed by atoms with van der Waals surface area (Å²) < 4.78 is 29.9. The standard InChI is InChI=1S/C21H24N4O2S/c1-16-6-8-20(9-7-16)28(26,27)23-15-18-14-21(17-10-12-22-13-11-17)25(24-18)19-4-2-3-5-19/h6-14,19,23H,2-5,15H2,1H3. The Kier molecular flexibility index (Phi) is 5.28. The zero-order chi connectivity index (χ0) is 19.6. The SMILES string of the molecule is Cc1ccc(S(=O)(=O)NCc2cc(-c3ccncc3)n(C3CCCC3)n2)cc1. The molecule has 0 amide bonds. The van der Waals surface area contributed by atoms with Gasteiger partial charge in [-0.15, -0.1) is 0 Å². The molecule has 1 N–H and O–H groups in total. The Balaban J connectivity index is 1.59. The van der Waals surface area contributed by atoms with Crippen LogP contribution in [0, 0.1) is 6.92 Å². The van der Waals surface area contributed by atoms with E-state index in [-0.39, 0.29) is 11.4 Å². The van der Waals surface area contributed by atoms with Crippen LogP contribution in [0.2, 0.25) is 0 Å². The lowest BCUT2D eigenvalue weighted by Crippen LogP contribution is -2.23. The van der Waals surface area contributed by atoms with E-state index < -0.39 is 10.0 Å². The molecule has 0 bridgehead atoms. The Hall–Kier alpha value is -2.51. The van der Waals surface area contributed by atoms with E-state index in [2.05, 4.69) is 14.4 Å². The van der Waals surface area contributed by atoms with E-state index in [0.29, 0.717) is 6.04 Å². The maximum Gasteiger partial charge on any atom is 0.240 e. The number of nitrogens with one attached hydrogen (secondary N) is 1. The minimum absolute atomic E-state index is 0.161. The minimum Gasteiger partial charge on any atom is -0.265 e. The van der Waals surface area contributed by atoms with Crippen molar-refractivity contribution in [3.63, 3.8) is 0 Å². The molecule has 0 saturated heterocycles. The molecule has 0 aliphatic heterocycles. The van der Waals surface area contributed by atoms with Crippen molar-refractivity contribution in [1.82, 2.24) is 19.5 Å². The molecule has 1 aliphatic rings. The fraction of sp³-hybridized carbons (Fsp3) is 0.333. The molecule has 2 aromatic heterocycles. The van der Waals surface area contributed by atoms with E-state index in [9.17, 15) is 8.42 Å². The third-order valence-corrected chi connectivity index (χ3v) is 6.62. The molecule has 1 fully saturated rings. The van der Waals surface area contributed by atoms with Crippen LogP contribution in [0.1, 0.15) is 43.0 Å². The minimum atomic E-state index is -3.57. The summed E-state index contributed by atoms with van der Waals surface area (Å²) in [6.07, 6.45) is 8.15. The first-order valence-corrected chi connectivity index (χ1v) is 11.1. The molecule has 28 heavy (non-hydrogen) atoms. The lowest BCUT2D eigenvalue weighted by atomic mass is 10.1. The summed E-state index contributed by atoms with van der Waals surface area (Å²) in [5, 5.41) is 4.75. The number of hydrogen-bond donors (Lipinski definition) is 1. The van der Waals surface area contributed by atoms with Gasteiger partial charge in [-0.05, 0) is 50.1 Å². The highest BCUT2D eigenvalue weighted by Gasteiger charge is 2.22. The number of aryl methyl sites for hydroxylation is 1. The van der Waals surface area contributed by atoms with E-state index in [1.54, 1.807) is 36.7 Å². The van der Waals surface area contributed by atoms with Crippen LogP contribution < -0.4 is 4.72 Å². The van der Waals surface area contributed by atoms with Gasteiger partial charge in [-0.2, -0.15) is 5.10 Å². The number of pyridine rings is 1. The number of rotatable bonds is 6. The first-order valence-electron chi connectivity index (χ1n) is 9.58. The van der Waals surface area contributed by atoms with E-state index in [0.717, 1.165) is 35.4 Å². The Bertz CT molecular complexity index is 1040. The molecule has 0 radical (unpaired) electrons. The van der Waals surface area contributed by atoms with E-state index in [1.165, 1.54) is 12.8 Å². The molecule has 146 valence electrons. The summed E-state index contributed by atoms with van der Waals surface area (Å²) in [4.78, 5) is 4.36. The lowest BCUT2D eigenvalue weighted by molar-refractivity contribution is 0.467. The predicted molar refractivity (Wildman–Crippen MR) is 108 cm³/mol. The highest BCUT2D eigenvalue weighted by Crippen LogP contribution is 2.33. The van der Waals surface area contributed by atoms with Crippen LogP contribution in [0.4, 0.5) is 0 Å². The van der Waals surface area contributed by atoms with Gasteiger partial charge in [0.05, 0.1) is 28.9 Å². The molecule has 0 unspecified atom stereocenters. The van der Waals surface area contributed by atoms with Crippen molar-refractivity contribution < 1.29 is 8.42 Å². The van der Waals surface area contributed by atoms with Crippen molar-refractivity contribution in [2.75, 3.05) is 0 Å². The Morgan fingerprint density at radius 1 is 1.07 bits per heavy atom. The Morgan fingerprint density at radius 3 is 2.43 bits per heavy atom. The van der Waals surface area contributed by atoms with Gasteiger partial charge in [-0.25, -0.2) is 13.1 Å². The van der Waals surface area contributed by atoms with E-state index >= 15 is 0 Å². The van der Waals surface area contributed by atoms with Gasteiger partial charge >= 0.3 is 0 Å². The Morgan fingerprint density at radius 2 is 1.75 bits per heavy atom. The molecule has 3 aromatic rings. The second-order valence-electron chi connectivity index (χ2n) is 7.28. The van der Waals surface area contributed by atoms with Crippen LogP contribution >= 0.6 is 0 Å². The second-order valence-corrected chi connectivity index (χ2v) is 9.04. The van der Waals surface area contributed by atoms with Gasteiger partial charge in [0.15, 0.2) is 0 Å². The molecule has 4 rings (SSSR count). The lowest BCUT2D eigenvalue weighted by Gasteiger charge is -2.14. The smallest absolute Gasteiger partial charge is 0.240 e. The van der Waals surface area contributed by atoms with Crippen LogP contribution in [0.5, 0.6) is 0 Å². The van der Waals surface area contributed by atoms with Crippen LogP contribution in [0.15, 0.2) is 59.8 Å². The van der Waals surface area contributed by atoms with Crippen molar-refractivity contribution in [3.8, 4) is 11.3 Å². The number of aromatic nitrogens is 3. The van der Waals surface area contributed by atoms with Crippen molar-refractivity contribution >= 4 is 10.0 Å². The molecule has 0 atom stereocenters. The molecule has 1 aromatic carbocycles. The number of nitrogens with zero attached hydrogens (tertiary/aromatic N) is 3. The fourth-order valence-electron chi connectivity index (χ4n) is 3.67. The molecule has 7 heteroatoms. The number of sulfonamides is 1. The largest absolute Gasteiger partial charge is 0.265 e. The first-order chi connectivity index (χ1) is 13.5. The highest BCUT2D eigenvalue weighted by atomic mass is 32.2. The molecule has 1 saturated carbocycles. The van der Waals surface area contributed by atoms with E-state index in [1.807, 2.05) is 25.1 Å². The van der Waals surface area contributed by atoms with E-state index in [4.69, 9.17) is 5.10 Å². The zero-order valence-electron chi connectivity index (χ0n) is 15.9. The first kappa shape index (κ1) is 18.8. The number of benzene rings is 1. The van der Waals surface area contributed by atoms with Crippen molar-refractivity contribution in [2.45, 2.75) is 50.1 Å².